The van der Waals surface area contributed by atoms with Crippen LogP contribution in [-0.4, -0.2) is 23.5 Å². The molecule has 2 amide bonds. The lowest BCUT2D eigenvalue weighted by Gasteiger charge is -2.06. The summed E-state index contributed by atoms with van der Waals surface area (Å²) in [6.45, 7) is -0.0871. The van der Waals surface area contributed by atoms with Crippen molar-refractivity contribution in [3.8, 4) is 0 Å². The Bertz CT molecular complexity index is 402. The van der Waals surface area contributed by atoms with Crippen molar-refractivity contribution in [1.82, 2.24) is 0 Å². The lowest BCUT2D eigenvalue weighted by atomic mass is 10.0. The quantitative estimate of drug-likeness (QED) is 0.616. The van der Waals surface area contributed by atoms with Crippen LogP contribution in [0.25, 0.3) is 0 Å². The van der Waals surface area contributed by atoms with Crippen LogP contribution in [0.5, 0.6) is 0 Å². The highest BCUT2D eigenvalue weighted by atomic mass is 16.3. The fourth-order valence-electron chi connectivity index (χ4n) is 1.30. The lowest BCUT2D eigenvalue weighted by Crippen LogP contribution is -2.17. The number of primary amides is 2. The van der Waals surface area contributed by atoms with Crippen molar-refractivity contribution in [2.45, 2.75) is 6.42 Å². The van der Waals surface area contributed by atoms with Gasteiger partial charge in [0, 0.05) is 17.7 Å². The summed E-state index contributed by atoms with van der Waals surface area (Å²) in [6, 6.07) is 4.41. The second-order valence-electron chi connectivity index (χ2n) is 3.07. The van der Waals surface area contributed by atoms with Crippen molar-refractivity contribution in [2.75, 3.05) is 6.61 Å². The zero-order chi connectivity index (χ0) is 11.4. The summed E-state index contributed by atoms with van der Waals surface area (Å²) in [6.07, 6.45) is 0.317. The Labute approximate surface area is 86.7 Å². The molecule has 0 spiro atoms. The molecule has 0 saturated heterocycles. The molecule has 1 rings (SSSR count). The minimum atomic E-state index is -0.637. The maximum atomic E-state index is 11.1. The van der Waals surface area contributed by atoms with Gasteiger partial charge in [-0.1, -0.05) is 6.07 Å². The summed E-state index contributed by atoms with van der Waals surface area (Å²) in [4.78, 5) is 21.9. The Kier molecular flexibility index (Phi) is 3.41. The van der Waals surface area contributed by atoms with Gasteiger partial charge in [0.1, 0.15) is 0 Å². The second-order valence-corrected chi connectivity index (χ2v) is 3.07. The van der Waals surface area contributed by atoms with E-state index in [0.717, 1.165) is 0 Å². The van der Waals surface area contributed by atoms with Gasteiger partial charge >= 0.3 is 0 Å². The summed E-state index contributed by atoms with van der Waals surface area (Å²) in [7, 11) is 0. The number of aliphatic hydroxyl groups excluding tert-OH is 1. The topological polar surface area (TPSA) is 106 Å². The Morgan fingerprint density at radius 2 is 1.87 bits per heavy atom. The Morgan fingerprint density at radius 1 is 1.20 bits per heavy atom. The van der Waals surface area contributed by atoms with E-state index in [4.69, 9.17) is 16.6 Å². The van der Waals surface area contributed by atoms with Crippen molar-refractivity contribution < 1.29 is 14.7 Å². The maximum absolute atomic E-state index is 11.1. The minimum Gasteiger partial charge on any atom is -0.396 e. The number of hydrogen-bond donors (Lipinski definition) is 3. The van der Waals surface area contributed by atoms with Crippen LogP contribution in [0.15, 0.2) is 18.2 Å². The van der Waals surface area contributed by atoms with Crippen LogP contribution >= 0.6 is 0 Å². The van der Waals surface area contributed by atoms with Crippen molar-refractivity contribution >= 4 is 11.8 Å². The molecule has 0 unspecified atom stereocenters. The average molecular weight is 208 g/mol. The summed E-state index contributed by atoms with van der Waals surface area (Å²) >= 11 is 0. The van der Waals surface area contributed by atoms with E-state index in [1.165, 1.54) is 12.1 Å². The molecule has 15 heavy (non-hydrogen) atoms. The maximum Gasteiger partial charge on any atom is 0.249 e. The first-order chi connectivity index (χ1) is 7.06. The Balaban J connectivity index is 3.20. The minimum absolute atomic E-state index is 0.0871. The summed E-state index contributed by atoms with van der Waals surface area (Å²) in [5, 5.41) is 8.76. The highest BCUT2D eigenvalue weighted by Crippen LogP contribution is 2.12. The van der Waals surface area contributed by atoms with E-state index in [-0.39, 0.29) is 17.7 Å². The van der Waals surface area contributed by atoms with Crippen LogP contribution in [0.4, 0.5) is 0 Å². The molecular formula is C10H12N2O3. The third-order valence-corrected chi connectivity index (χ3v) is 2.04. The van der Waals surface area contributed by atoms with Gasteiger partial charge in [0.05, 0.1) is 0 Å². The van der Waals surface area contributed by atoms with Crippen LogP contribution in [0.2, 0.25) is 0 Å². The van der Waals surface area contributed by atoms with Gasteiger partial charge in [0.15, 0.2) is 0 Å². The number of aliphatic hydroxyl groups is 1. The zero-order valence-corrected chi connectivity index (χ0v) is 8.06. The Hall–Kier alpha value is -1.88. The van der Waals surface area contributed by atoms with Crippen LogP contribution in [0, 0.1) is 0 Å². The predicted octanol–water partition coefficient (Wildman–Crippen LogP) is -0.581. The number of nitrogens with two attached hydrogens (primary N) is 2. The summed E-state index contributed by atoms with van der Waals surface area (Å²) in [5.41, 5.74) is 11.3. The third kappa shape index (κ3) is 2.54. The first-order valence-electron chi connectivity index (χ1n) is 4.39. The summed E-state index contributed by atoms with van der Waals surface area (Å²) < 4.78 is 0. The standard InChI is InChI=1S/C10H12N2O3/c11-9(14)7-2-1-6(3-4-13)8(5-7)10(12)15/h1-2,5,13H,3-4H2,(H2,11,14)(H2,12,15). The molecule has 0 atom stereocenters. The van der Waals surface area contributed by atoms with Gasteiger partial charge in [0.2, 0.25) is 11.8 Å². The van der Waals surface area contributed by atoms with Gasteiger partial charge < -0.3 is 16.6 Å². The average Bonchev–Trinajstić information content (AvgIpc) is 2.18. The van der Waals surface area contributed by atoms with Gasteiger partial charge in [-0.3, -0.25) is 9.59 Å². The fraction of sp³-hybridized carbons (Fsp3) is 0.200. The predicted molar refractivity (Wildman–Crippen MR) is 54.3 cm³/mol. The van der Waals surface area contributed by atoms with Gasteiger partial charge in [-0.15, -0.1) is 0 Å². The Morgan fingerprint density at radius 3 is 2.33 bits per heavy atom. The molecule has 0 saturated carbocycles. The number of carbonyl (C=O) groups is 2. The monoisotopic (exact) mass is 208 g/mol. The summed E-state index contributed by atoms with van der Waals surface area (Å²) in [5.74, 6) is -1.26. The van der Waals surface area contributed by atoms with Crippen molar-refractivity contribution in [3.05, 3.63) is 34.9 Å². The SMILES string of the molecule is NC(=O)c1ccc(CCO)c(C(N)=O)c1. The van der Waals surface area contributed by atoms with E-state index in [0.29, 0.717) is 12.0 Å². The lowest BCUT2D eigenvalue weighted by molar-refractivity contribution is 0.0998. The molecule has 1 aromatic carbocycles. The number of carbonyl (C=O) groups excluding carboxylic acids is 2. The van der Waals surface area contributed by atoms with Gasteiger partial charge in [-0.25, -0.2) is 0 Å². The van der Waals surface area contributed by atoms with E-state index in [1.54, 1.807) is 6.07 Å². The van der Waals surface area contributed by atoms with Gasteiger partial charge in [-0.2, -0.15) is 0 Å². The molecule has 0 aliphatic rings. The van der Waals surface area contributed by atoms with E-state index < -0.39 is 11.8 Å². The van der Waals surface area contributed by atoms with Crippen LogP contribution in [-0.2, 0) is 6.42 Å². The third-order valence-electron chi connectivity index (χ3n) is 2.04. The van der Waals surface area contributed by atoms with E-state index in [2.05, 4.69) is 0 Å². The largest absolute Gasteiger partial charge is 0.396 e. The van der Waals surface area contributed by atoms with E-state index >= 15 is 0 Å². The smallest absolute Gasteiger partial charge is 0.249 e. The molecule has 0 heterocycles. The molecule has 0 radical (unpaired) electrons. The molecule has 5 nitrogen and oxygen atoms in total. The number of rotatable bonds is 4. The molecule has 0 bridgehead atoms. The number of benzene rings is 1. The van der Waals surface area contributed by atoms with Gasteiger partial charge in [0.25, 0.3) is 0 Å². The zero-order valence-electron chi connectivity index (χ0n) is 8.06. The molecule has 1 aromatic rings. The molecule has 5 heteroatoms. The molecular weight excluding hydrogens is 196 g/mol. The second kappa shape index (κ2) is 4.56. The normalized spacial score (nSPS) is 9.93. The molecule has 0 aliphatic heterocycles. The number of hydrogen-bond acceptors (Lipinski definition) is 3. The fourth-order valence-corrected chi connectivity index (χ4v) is 1.30. The molecule has 0 fully saturated rings. The van der Waals surface area contributed by atoms with Crippen molar-refractivity contribution in [2.24, 2.45) is 11.5 Å². The van der Waals surface area contributed by atoms with Gasteiger partial charge in [-0.05, 0) is 24.1 Å². The first-order valence-corrected chi connectivity index (χ1v) is 4.39. The van der Waals surface area contributed by atoms with Crippen LogP contribution < -0.4 is 11.5 Å². The highest BCUT2D eigenvalue weighted by molar-refractivity contribution is 5.99. The molecule has 5 N–H and O–H groups in total. The molecule has 0 aromatic heterocycles. The van der Waals surface area contributed by atoms with Crippen molar-refractivity contribution in [3.63, 3.8) is 0 Å². The van der Waals surface area contributed by atoms with Crippen molar-refractivity contribution in [1.29, 1.82) is 0 Å². The number of amides is 2. The molecule has 0 aliphatic carbocycles. The van der Waals surface area contributed by atoms with E-state index in [9.17, 15) is 9.59 Å². The molecule has 80 valence electrons. The highest BCUT2D eigenvalue weighted by Gasteiger charge is 2.10. The van der Waals surface area contributed by atoms with E-state index in [1.807, 2.05) is 0 Å². The first kappa shape index (κ1) is 11.2. The van der Waals surface area contributed by atoms with Crippen LogP contribution in [0.3, 0.4) is 0 Å². The van der Waals surface area contributed by atoms with Crippen LogP contribution in [0.1, 0.15) is 26.3 Å².